The summed E-state index contributed by atoms with van der Waals surface area (Å²) >= 11 is 0. The zero-order chi connectivity index (χ0) is 17.1. The van der Waals surface area contributed by atoms with Crippen molar-refractivity contribution in [2.45, 2.75) is 6.92 Å². The molecule has 0 unspecified atom stereocenters. The third-order valence-corrected chi connectivity index (χ3v) is 4.29. The van der Waals surface area contributed by atoms with Gasteiger partial charge in [0.1, 0.15) is 0 Å². The smallest absolute Gasteiger partial charge is 0.0972 e. The monoisotopic (exact) mass is 322 g/mol. The molecule has 4 rings (SSSR count). The molecular formula is C23H18N2. The molecule has 0 spiro atoms. The van der Waals surface area contributed by atoms with Gasteiger partial charge in [-0.25, -0.2) is 4.98 Å². The van der Waals surface area contributed by atoms with Gasteiger partial charge in [-0.2, -0.15) is 0 Å². The fraction of sp³-hybridized carbons (Fsp3) is 0.0435. The minimum absolute atomic E-state index is 0.886. The van der Waals surface area contributed by atoms with Crippen LogP contribution >= 0.6 is 0 Å². The third-order valence-electron chi connectivity index (χ3n) is 4.29. The molecule has 4 aromatic rings. The Morgan fingerprint density at radius 2 is 1.20 bits per heavy atom. The summed E-state index contributed by atoms with van der Waals surface area (Å²) in [6, 6.07) is 28.7. The standard InChI is InChI=1S/C23H18N2/c1-17-10-8-9-15-20(17)23-22(19-13-6-3-7-14-19)25-21(16-24-23)18-11-4-2-5-12-18/h2-16H,1H3. The zero-order valence-electron chi connectivity index (χ0n) is 14.1. The molecule has 0 saturated heterocycles. The Kier molecular flexibility index (Phi) is 4.09. The first-order valence-corrected chi connectivity index (χ1v) is 8.37. The maximum absolute atomic E-state index is 4.97. The van der Waals surface area contributed by atoms with Gasteiger partial charge in [-0.15, -0.1) is 0 Å². The summed E-state index contributed by atoms with van der Waals surface area (Å²) in [6.07, 6.45) is 1.86. The number of hydrogen-bond donors (Lipinski definition) is 0. The van der Waals surface area contributed by atoms with Crippen LogP contribution in [0.4, 0.5) is 0 Å². The summed E-state index contributed by atoms with van der Waals surface area (Å²) in [7, 11) is 0. The van der Waals surface area contributed by atoms with Gasteiger partial charge in [-0.1, -0.05) is 84.9 Å². The summed E-state index contributed by atoms with van der Waals surface area (Å²) in [4.78, 5) is 9.77. The molecule has 2 heteroatoms. The van der Waals surface area contributed by atoms with Crippen LogP contribution in [0.3, 0.4) is 0 Å². The highest BCUT2D eigenvalue weighted by Crippen LogP contribution is 2.32. The van der Waals surface area contributed by atoms with Gasteiger partial charge in [0, 0.05) is 16.7 Å². The normalized spacial score (nSPS) is 10.6. The van der Waals surface area contributed by atoms with Crippen molar-refractivity contribution < 1.29 is 0 Å². The highest BCUT2D eigenvalue weighted by molar-refractivity contribution is 5.81. The fourth-order valence-electron chi connectivity index (χ4n) is 2.97. The van der Waals surface area contributed by atoms with Gasteiger partial charge in [0.15, 0.2) is 0 Å². The van der Waals surface area contributed by atoms with Gasteiger partial charge < -0.3 is 0 Å². The van der Waals surface area contributed by atoms with Crippen LogP contribution in [0.2, 0.25) is 0 Å². The first-order valence-electron chi connectivity index (χ1n) is 8.37. The Labute approximate surface area is 147 Å². The van der Waals surface area contributed by atoms with Gasteiger partial charge in [-0.3, -0.25) is 4.98 Å². The Hall–Kier alpha value is -3.26. The lowest BCUT2D eigenvalue weighted by Gasteiger charge is -2.12. The molecule has 25 heavy (non-hydrogen) atoms. The lowest BCUT2D eigenvalue weighted by molar-refractivity contribution is 1.21. The number of benzene rings is 3. The van der Waals surface area contributed by atoms with Crippen molar-refractivity contribution in [3.8, 4) is 33.8 Å². The second kappa shape index (κ2) is 6.70. The van der Waals surface area contributed by atoms with Crippen LogP contribution in [0.1, 0.15) is 5.56 Å². The van der Waals surface area contributed by atoms with Crippen LogP contribution in [0.15, 0.2) is 91.1 Å². The van der Waals surface area contributed by atoms with E-state index in [-0.39, 0.29) is 0 Å². The van der Waals surface area contributed by atoms with Crippen molar-refractivity contribution in [3.63, 3.8) is 0 Å². The molecule has 1 heterocycles. The Morgan fingerprint density at radius 3 is 1.88 bits per heavy atom. The fourth-order valence-corrected chi connectivity index (χ4v) is 2.97. The SMILES string of the molecule is Cc1ccccc1-c1ncc(-c2ccccc2)nc1-c1ccccc1. The maximum atomic E-state index is 4.97. The van der Waals surface area contributed by atoms with Gasteiger partial charge in [0.25, 0.3) is 0 Å². The second-order valence-corrected chi connectivity index (χ2v) is 6.00. The van der Waals surface area contributed by atoms with Crippen LogP contribution in [-0.2, 0) is 0 Å². The van der Waals surface area contributed by atoms with Gasteiger partial charge in [0.05, 0.1) is 23.3 Å². The topological polar surface area (TPSA) is 25.8 Å². The first-order chi connectivity index (χ1) is 12.3. The van der Waals surface area contributed by atoms with Crippen LogP contribution < -0.4 is 0 Å². The van der Waals surface area contributed by atoms with Crippen molar-refractivity contribution in [1.82, 2.24) is 9.97 Å². The van der Waals surface area contributed by atoms with Crippen LogP contribution in [0, 0.1) is 6.92 Å². The van der Waals surface area contributed by atoms with Crippen molar-refractivity contribution >= 4 is 0 Å². The van der Waals surface area contributed by atoms with Crippen LogP contribution in [0.5, 0.6) is 0 Å². The molecule has 0 radical (unpaired) electrons. The van der Waals surface area contributed by atoms with Gasteiger partial charge in [0.2, 0.25) is 0 Å². The van der Waals surface area contributed by atoms with Crippen molar-refractivity contribution in [2.75, 3.05) is 0 Å². The molecule has 0 bridgehead atoms. The summed E-state index contributed by atoms with van der Waals surface area (Å²) in [5, 5.41) is 0. The van der Waals surface area contributed by atoms with Crippen LogP contribution in [0.25, 0.3) is 33.8 Å². The number of rotatable bonds is 3. The van der Waals surface area contributed by atoms with E-state index in [0.717, 1.165) is 33.8 Å². The molecule has 120 valence electrons. The van der Waals surface area contributed by atoms with Gasteiger partial charge >= 0.3 is 0 Å². The van der Waals surface area contributed by atoms with Crippen molar-refractivity contribution in [2.24, 2.45) is 0 Å². The van der Waals surface area contributed by atoms with E-state index >= 15 is 0 Å². The lowest BCUT2D eigenvalue weighted by Crippen LogP contribution is -1.97. The molecule has 0 aliphatic heterocycles. The van der Waals surface area contributed by atoms with E-state index in [1.165, 1.54) is 5.56 Å². The summed E-state index contributed by atoms with van der Waals surface area (Å²) < 4.78 is 0. The summed E-state index contributed by atoms with van der Waals surface area (Å²) in [6.45, 7) is 2.11. The van der Waals surface area contributed by atoms with E-state index in [1.807, 2.05) is 54.7 Å². The van der Waals surface area contributed by atoms with Crippen molar-refractivity contribution in [1.29, 1.82) is 0 Å². The third kappa shape index (κ3) is 3.07. The zero-order valence-corrected chi connectivity index (χ0v) is 14.1. The lowest BCUT2D eigenvalue weighted by atomic mass is 10.00. The van der Waals surface area contributed by atoms with Crippen molar-refractivity contribution in [3.05, 3.63) is 96.7 Å². The molecule has 0 atom stereocenters. The molecule has 0 saturated carbocycles. The average molecular weight is 322 g/mol. The van der Waals surface area contributed by atoms with Crippen LogP contribution in [-0.4, -0.2) is 9.97 Å². The average Bonchev–Trinajstić information content (AvgIpc) is 2.69. The predicted octanol–water partition coefficient (Wildman–Crippen LogP) is 5.79. The maximum Gasteiger partial charge on any atom is 0.0972 e. The van der Waals surface area contributed by atoms with Gasteiger partial charge in [-0.05, 0) is 12.5 Å². The predicted molar refractivity (Wildman–Crippen MR) is 103 cm³/mol. The van der Waals surface area contributed by atoms with E-state index in [1.54, 1.807) is 0 Å². The molecule has 0 amide bonds. The molecule has 2 nitrogen and oxygen atoms in total. The molecule has 3 aromatic carbocycles. The Morgan fingerprint density at radius 1 is 0.600 bits per heavy atom. The van der Waals surface area contributed by atoms with E-state index < -0.39 is 0 Å². The second-order valence-electron chi connectivity index (χ2n) is 6.00. The number of aryl methyl sites for hydroxylation is 1. The molecule has 0 aliphatic rings. The number of hydrogen-bond acceptors (Lipinski definition) is 2. The molecule has 0 aliphatic carbocycles. The van der Waals surface area contributed by atoms with E-state index in [0.29, 0.717) is 0 Å². The minimum Gasteiger partial charge on any atom is -0.252 e. The Bertz CT molecular complexity index is 993. The highest BCUT2D eigenvalue weighted by Gasteiger charge is 2.14. The molecule has 1 aromatic heterocycles. The van der Waals surface area contributed by atoms with E-state index in [2.05, 4.69) is 43.3 Å². The minimum atomic E-state index is 0.886. The summed E-state index contributed by atoms with van der Waals surface area (Å²) in [5.74, 6) is 0. The number of aromatic nitrogens is 2. The summed E-state index contributed by atoms with van der Waals surface area (Å²) in [5.41, 5.74) is 7.18. The molecule has 0 fully saturated rings. The quantitative estimate of drug-likeness (QED) is 0.477. The van der Waals surface area contributed by atoms with E-state index in [4.69, 9.17) is 9.97 Å². The molecular weight excluding hydrogens is 304 g/mol. The Balaban J connectivity index is 1.95. The molecule has 0 N–H and O–H groups in total. The van der Waals surface area contributed by atoms with E-state index in [9.17, 15) is 0 Å². The first kappa shape index (κ1) is 15.3. The largest absolute Gasteiger partial charge is 0.252 e. The highest BCUT2D eigenvalue weighted by atomic mass is 14.8. The number of nitrogens with zero attached hydrogens (tertiary/aromatic N) is 2.